The van der Waals surface area contributed by atoms with Crippen LogP contribution in [0.2, 0.25) is 0 Å². The lowest BCUT2D eigenvalue weighted by atomic mass is 9.99. The Morgan fingerprint density at radius 2 is 2.33 bits per heavy atom. The second kappa shape index (κ2) is 6.18. The van der Waals surface area contributed by atoms with Crippen LogP contribution in [0.25, 0.3) is 0 Å². The molecule has 0 saturated carbocycles. The molecule has 0 aromatic heterocycles. The Kier molecular flexibility index (Phi) is 4.58. The fourth-order valence-corrected chi connectivity index (χ4v) is 2.46. The Labute approximate surface area is 108 Å². The molecule has 1 fully saturated rings. The minimum absolute atomic E-state index is 0.0235. The third kappa shape index (κ3) is 3.02. The molecule has 3 unspecified atom stereocenters. The van der Waals surface area contributed by atoms with E-state index in [1.54, 1.807) is 0 Å². The molecular formula is C14H22N2O2. The minimum atomic E-state index is 0.0235. The molecule has 3 atom stereocenters. The van der Waals surface area contributed by atoms with E-state index in [0.29, 0.717) is 12.7 Å². The zero-order valence-electron chi connectivity index (χ0n) is 11.1. The predicted octanol–water partition coefficient (Wildman–Crippen LogP) is 2.16. The summed E-state index contributed by atoms with van der Waals surface area (Å²) in [7, 11) is 0. The van der Waals surface area contributed by atoms with E-state index in [0.717, 1.165) is 24.2 Å². The number of hydrogen-bond donors (Lipinski definition) is 2. The molecule has 0 aliphatic carbocycles. The lowest BCUT2D eigenvalue weighted by Crippen LogP contribution is -2.36. The third-order valence-electron chi connectivity index (χ3n) is 3.34. The number of hydrogen-bond acceptors (Lipinski definition) is 4. The van der Waals surface area contributed by atoms with Crippen molar-refractivity contribution >= 4 is 0 Å². The van der Waals surface area contributed by atoms with E-state index in [4.69, 9.17) is 15.3 Å². The van der Waals surface area contributed by atoms with Crippen molar-refractivity contribution in [1.82, 2.24) is 5.43 Å². The number of benzene rings is 1. The van der Waals surface area contributed by atoms with Gasteiger partial charge in [0.2, 0.25) is 0 Å². The van der Waals surface area contributed by atoms with Crippen molar-refractivity contribution in [3.8, 4) is 5.75 Å². The van der Waals surface area contributed by atoms with Crippen molar-refractivity contribution in [2.75, 3.05) is 6.61 Å². The summed E-state index contributed by atoms with van der Waals surface area (Å²) in [5.74, 6) is 6.56. The van der Waals surface area contributed by atoms with Crippen LogP contribution in [-0.4, -0.2) is 18.8 Å². The van der Waals surface area contributed by atoms with Gasteiger partial charge in [-0.1, -0.05) is 12.1 Å². The zero-order chi connectivity index (χ0) is 13.0. The summed E-state index contributed by atoms with van der Waals surface area (Å²) in [5, 5.41) is 0. The summed E-state index contributed by atoms with van der Waals surface area (Å²) in [4.78, 5) is 0. The molecule has 0 amide bonds. The predicted molar refractivity (Wildman–Crippen MR) is 71.2 cm³/mol. The van der Waals surface area contributed by atoms with Crippen LogP contribution in [0, 0.1) is 0 Å². The van der Waals surface area contributed by atoms with E-state index in [2.05, 4.69) is 18.4 Å². The van der Waals surface area contributed by atoms with Gasteiger partial charge < -0.3 is 9.47 Å². The largest absolute Gasteiger partial charge is 0.494 e. The molecule has 4 heteroatoms. The molecule has 3 N–H and O–H groups in total. The van der Waals surface area contributed by atoms with Gasteiger partial charge in [0.25, 0.3) is 0 Å². The van der Waals surface area contributed by atoms with Gasteiger partial charge in [0.1, 0.15) is 5.75 Å². The van der Waals surface area contributed by atoms with E-state index in [9.17, 15) is 0 Å². The molecule has 1 aliphatic rings. The van der Waals surface area contributed by atoms with Crippen LogP contribution in [0.3, 0.4) is 0 Å². The van der Waals surface area contributed by atoms with Gasteiger partial charge in [0, 0.05) is 0 Å². The van der Waals surface area contributed by atoms with Crippen molar-refractivity contribution < 1.29 is 9.47 Å². The molecule has 0 spiro atoms. The second-order valence-electron chi connectivity index (χ2n) is 4.71. The van der Waals surface area contributed by atoms with Gasteiger partial charge in [-0.15, -0.1) is 0 Å². The molecule has 2 rings (SSSR count). The van der Waals surface area contributed by atoms with Gasteiger partial charge >= 0.3 is 0 Å². The first-order chi connectivity index (χ1) is 8.74. The summed E-state index contributed by atoms with van der Waals surface area (Å²) in [6.45, 7) is 4.75. The van der Waals surface area contributed by atoms with Gasteiger partial charge in [-0.3, -0.25) is 11.3 Å². The van der Waals surface area contributed by atoms with Gasteiger partial charge in [-0.2, -0.15) is 0 Å². The van der Waals surface area contributed by atoms with Crippen molar-refractivity contribution in [2.24, 2.45) is 5.84 Å². The average molecular weight is 250 g/mol. The smallest absolute Gasteiger partial charge is 0.119 e. The van der Waals surface area contributed by atoms with Crippen LogP contribution >= 0.6 is 0 Å². The lowest BCUT2D eigenvalue weighted by molar-refractivity contribution is 0.0315. The maximum Gasteiger partial charge on any atom is 0.119 e. The first-order valence-electron chi connectivity index (χ1n) is 6.59. The molecule has 0 bridgehead atoms. The normalized spacial score (nSPS) is 25.1. The van der Waals surface area contributed by atoms with E-state index in [1.807, 2.05) is 25.1 Å². The Bertz CT molecular complexity index is 384. The number of ether oxygens (including phenoxy) is 2. The molecular weight excluding hydrogens is 228 g/mol. The maximum atomic E-state index is 5.89. The monoisotopic (exact) mass is 250 g/mol. The Morgan fingerprint density at radius 1 is 1.50 bits per heavy atom. The summed E-state index contributed by atoms with van der Waals surface area (Å²) >= 11 is 0. The Morgan fingerprint density at radius 3 is 2.94 bits per heavy atom. The highest BCUT2D eigenvalue weighted by Crippen LogP contribution is 2.30. The fraction of sp³-hybridized carbons (Fsp3) is 0.571. The van der Waals surface area contributed by atoms with Crippen molar-refractivity contribution in [3.63, 3.8) is 0 Å². The highest BCUT2D eigenvalue weighted by Gasteiger charge is 2.30. The first-order valence-corrected chi connectivity index (χ1v) is 6.59. The lowest BCUT2D eigenvalue weighted by Gasteiger charge is -2.23. The van der Waals surface area contributed by atoms with Crippen LogP contribution < -0.4 is 16.0 Å². The van der Waals surface area contributed by atoms with E-state index in [-0.39, 0.29) is 12.1 Å². The summed E-state index contributed by atoms with van der Waals surface area (Å²) in [5.41, 5.74) is 3.98. The van der Waals surface area contributed by atoms with E-state index in [1.165, 1.54) is 0 Å². The van der Waals surface area contributed by atoms with Crippen LogP contribution in [0.1, 0.15) is 38.3 Å². The maximum absolute atomic E-state index is 5.89. The van der Waals surface area contributed by atoms with Crippen LogP contribution in [0.4, 0.5) is 0 Å². The van der Waals surface area contributed by atoms with Crippen molar-refractivity contribution in [1.29, 1.82) is 0 Å². The molecule has 1 heterocycles. The van der Waals surface area contributed by atoms with Crippen LogP contribution in [0.5, 0.6) is 5.75 Å². The molecule has 1 aromatic carbocycles. The van der Waals surface area contributed by atoms with Crippen molar-refractivity contribution in [3.05, 3.63) is 29.8 Å². The topological polar surface area (TPSA) is 56.5 Å². The quantitative estimate of drug-likeness (QED) is 0.621. The molecule has 1 aliphatic heterocycles. The highest BCUT2D eigenvalue weighted by atomic mass is 16.5. The number of nitrogens with two attached hydrogens (primary N) is 1. The Hall–Kier alpha value is -1.10. The molecule has 18 heavy (non-hydrogen) atoms. The minimum Gasteiger partial charge on any atom is -0.494 e. The van der Waals surface area contributed by atoms with Crippen molar-refractivity contribution in [2.45, 2.75) is 44.9 Å². The second-order valence-corrected chi connectivity index (χ2v) is 4.71. The highest BCUT2D eigenvalue weighted by molar-refractivity contribution is 5.31. The van der Waals surface area contributed by atoms with E-state index >= 15 is 0 Å². The van der Waals surface area contributed by atoms with Crippen LogP contribution in [0.15, 0.2) is 24.3 Å². The summed E-state index contributed by atoms with van der Waals surface area (Å²) in [6, 6.07) is 8.05. The summed E-state index contributed by atoms with van der Waals surface area (Å²) in [6.07, 6.45) is 2.59. The molecule has 4 nitrogen and oxygen atoms in total. The van der Waals surface area contributed by atoms with E-state index < -0.39 is 0 Å². The molecule has 0 radical (unpaired) electrons. The van der Waals surface area contributed by atoms with Gasteiger partial charge in [-0.05, 0) is 44.4 Å². The zero-order valence-corrected chi connectivity index (χ0v) is 11.1. The van der Waals surface area contributed by atoms with Gasteiger partial charge in [0.15, 0.2) is 0 Å². The number of nitrogens with one attached hydrogen (secondary N) is 1. The standard InChI is InChI=1S/C14H22N2O2/c1-3-17-12-6-4-5-11(9-12)14(16-15)13-8-7-10(2)18-13/h4-6,9-10,13-14,16H,3,7-8,15H2,1-2H3. The van der Waals surface area contributed by atoms with Crippen LogP contribution in [-0.2, 0) is 4.74 Å². The summed E-state index contributed by atoms with van der Waals surface area (Å²) < 4.78 is 11.4. The first kappa shape index (κ1) is 13.3. The average Bonchev–Trinajstić information content (AvgIpc) is 2.78. The van der Waals surface area contributed by atoms with Gasteiger partial charge in [0.05, 0.1) is 24.9 Å². The number of rotatable bonds is 5. The fourth-order valence-electron chi connectivity index (χ4n) is 2.46. The molecule has 1 saturated heterocycles. The third-order valence-corrected chi connectivity index (χ3v) is 3.34. The van der Waals surface area contributed by atoms with Gasteiger partial charge in [-0.25, -0.2) is 0 Å². The molecule has 100 valence electrons. The Balaban J connectivity index is 2.13. The number of hydrazine groups is 1. The molecule has 1 aromatic rings. The SMILES string of the molecule is CCOc1cccc(C(NN)C2CCC(C)O2)c1.